The first-order valence-corrected chi connectivity index (χ1v) is 14.4. The van der Waals surface area contributed by atoms with Gasteiger partial charge in [-0.3, -0.25) is 4.79 Å². The Kier molecular flexibility index (Phi) is 5.05. The number of benzene rings is 1. The molecule has 0 radical (unpaired) electrons. The molecule has 12 heteroatoms. The van der Waals surface area contributed by atoms with Crippen molar-refractivity contribution in [2.45, 2.75) is 93.8 Å². The Hall–Kier alpha value is -3.31. The van der Waals surface area contributed by atoms with Crippen LogP contribution in [0, 0.1) is 10.8 Å². The summed E-state index contributed by atoms with van der Waals surface area (Å²) in [4.78, 5) is 24.1. The molecule has 3 aromatic rings. The summed E-state index contributed by atoms with van der Waals surface area (Å²) in [5.74, 6) is 0.253. The van der Waals surface area contributed by atoms with Gasteiger partial charge in [-0.2, -0.15) is 23.1 Å². The maximum atomic E-state index is 14.5. The Morgan fingerprint density at radius 2 is 1.68 bits per heavy atom. The van der Waals surface area contributed by atoms with Crippen LogP contribution in [0.15, 0.2) is 33.3 Å². The average molecular weight is 572 g/mol. The van der Waals surface area contributed by atoms with Crippen LogP contribution in [0.4, 0.5) is 23.2 Å². The third-order valence-corrected chi connectivity index (χ3v) is 10.5. The zero-order chi connectivity index (χ0) is 28.3. The van der Waals surface area contributed by atoms with Crippen LogP contribution in [-0.4, -0.2) is 38.4 Å². The number of rotatable bonds is 7. The van der Waals surface area contributed by atoms with E-state index in [2.05, 4.69) is 19.8 Å². The Morgan fingerprint density at radius 1 is 0.976 bits per heavy atom. The summed E-state index contributed by atoms with van der Waals surface area (Å²) in [6, 6.07) is 6.66. The van der Waals surface area contributed by atoms with Crippen molar-refractivity contribution in [3.05, 3.63) is 41.9 Å². The van der Waals surface area contributed by atoms with Crippen LogP contribution in [-0.2, 0) is 16.4 Å². The highest BCUT2D eigenvalue weighted by Crippen LogP contribution is 2.70. The van der Waals surface area contributed by atoms with Gasteiger partial charge >= 0.3 is 12.1 Å². The molecule has 4 bridgehead atoms. The van der Waals surface area contributed by atoms with Gasteiger partial charge in [-0.25, -0.2) is 4.39 Å². The lowest BCUT2D eigenvalue weighted by atomic mass is 9.41. The lowest BCUT2D eigenvalue weighted by Crippen LogP contribution is -2.71. The quantitative estimate of drug-likeness (QED) is 0.297. The molecular formula is C29H29F4N5O3. The van der Waals surface area contributed by atoms with E-state index in [0.717, 1.165) is 63.1 Å². The number of carbonyl (C=O) groups is 1. The van der Waals surface area contributed by atoms with Gasteiger partial charge in [0.25, 0.3) is 0 Å². The van der Waals surface area contributed by atoms with Crippen LogP contribution < -0.4 is 4.90 Å². The van der Waals surface area contributed by atoms with Crippen LogP contribution in [0.2, 0.25) is 0 Å². The first kappa shape index (κ1) is 25.4. The molecule has 0 aliphatic heterocycles. The molecule has 41 heavy (non-hydrogen) atoms. The van der Waals surface area contributed by atoms with Crippen LogP contribution in [0.1, 0.15) is 94.2 Å². The fourth-order valence-electron chi connectivity index (χ4n) is 7.84. The summed E-state index contributed by atoms with van der Waals surface area (Å²) >= 11 is 0. The van der Waals surface area contributed by atoms with Crippen molar-refractivity contribution in [3.8, 4) is 11.4 Å². The predicted molar refractivity (Wildman–Crippen MR) is 135 cm³/mol. The molecule has 8 nitrogen and oxygen atoms in total. The Bertz CT molecular complexity index is 1500. The molecule has 7 aliphatic rings. The first-order chi connectivity index (χ1) is 19.5. The Morgan fingerprint density at radius 3 is 2.29 bits per heavy atom. The van der Waals surface area contributed by atoms with E-state index in [1.807, 2.05) is 0 Å². The average Bonchev–Trinajstić information content (AvgIpc) is 3.43. The summed E-state index contributed by atoms with van der Waals surface area (Å²) < 4.78 is 63.9. The number of aromatic nitrogens is 4. The molecule has 0 atom stereocenters. The van der Waals surface area contributed by atoms with E-state index < -0.39 is 23.2 Å². The molecule has 2 aromatic heterocycles. The highest BCUT2D eigenvalue weighted by molar-refractivity contribution is 6.00. The van der Waals surface area contributed by atoms with Crippen LogP contribution in [0.5, 0.6) is 0 Å². The molecule has 0 N–H and O–H groups in total. The molecule has 0 unspecified atom stereocenters. The van der Waals surface area contributed by atoms with E-state index in [-0.39, 0.29) is 41.8 Å². The van der Waals surface area contributed by atoms with Gasteiger partial charge in [-0.1, -0.05) is 22.4 Å². The van der Waals surface area contributed by atoms with Gasteiger partial charge in [-0.15, -0.1) is 0 Å². The second-order valence-electron chi connectivity index (χ2n) is 13.3. The summed E-state index contributed by atoms with van der Waals surface area (Å²) in [6.07, 6.45) is 3.49. The van der Waals surface area contributed by atoms with E-state index in [9.17, 15) is 22.4 Å². The number of alkyl halides is 4. The van der Waals surface area contributed by atoms with Gasteiger partial charge in [0.15, 0.2) is 5.82 Å². The normalized spacial score (nSPS) is 33.8. The maximum absolute atomic E-state index is 14.5. The summed E-state index contributed by atoms with van der Waals surface area (Å²) in [5, 5.41) is 7.76. The molecule has 1 amide bonds. The van der Waals surface area contributed by atoms with Crippen molar-refractivity contribution in [2.24, 2.45) is 10.8 Å². The zero-order valence-corrected chi connectivity index (χ0v) is 22.3. The number of carbonyl (C=O) groups excluding carboxylic acids is 1. The monoisotopic (exact) mass is 571 g/mol. The fourth-order valence-corrected chi connectivity index (χ4v) is 7.84. The van der Waals surface area contributed by atoms with Crippen LogP contribution in [0.25, 0.3) is 11.4 Å². The number of halogens is 4. The third kappa shape index (κ3) is 3.95. The smallest absolute Gasteiger partial charge is 0.339 e. The molecule has 2 heterocycles. The van der Waals surface area contributed by atoms with Crippen molar-refractivity contribution in [1.82, 2.24) is 20.3 Å². The van der Waals surface area contributed by atoms with E-state index >= 15 is 0 Å². The molecular weight excluding hydrogens is 542 g/mol. The molecule has 7 aliphatic carbocycles. The van der Waals surface area contributed by atoms with E-state index in [1.165, 1.54) is 0 Å². The first-order valence-electron chi connectivity index (χ1n) is 14.4. The van der Waals surface area contributed by atoms with Crippen molar-refractivity contribution < 1.29 is 31.4 Å². The number of hydrogen-bond donors (Lipinski definition) is 0. The SMILES string of the molecule is O=C(N(CC12CCC(c3nc(C4CC4)no3)(CC1)CC2)c1cccc(-c2noc(C(F)(F)F)n2)c1)C12CC(F)(C1)C2. The molecule has 216 valence electrons. The van der Waals surface area contributed by atoms with Gasteiger partial charge < -0.3 is 13.9 Å². The van der Waals surface area contributed by atoms with Crippen molar-refractivity contribution >= 4 is 11.6 Å². The van der Waals surface area contributed by atoms with Gasteiger partial charge in [0.1, 0.15) is 5.67 Å². The molecule has 10 rings (SSSR count). The van der Waals surface area contributed by atoms with Crippen molar-refractivity contribution in [3.63, 3.8) is 0 Å². The van der Waals surface area contributed by atoms with Gasteiger partial charge in [0.05, 0.1) is 5.41 Å². The predicted octanol–water partition coefficient (Wildman–Crippen LogP) is 6.53. The van der Waals surface area contributed by atoms with Crippen molar-refractivity contribution in [2.75, 3.05) is 11.4 Å². The minimum Gasteiger partial charge on any atom is -0.339 e. The maximum Gasteiger partial charge on any atom is 0.471 e. The lowest BCUT2D eigenvalue weighted by Gasteiger charge is -2.65. The minimum atomic E-state index is -4.76. The molecule has 0 saturated heterocycles. The lowest BCUT2D eigenvalue weighted by molar-refractivity contribution is -0.211. The number of hydrogen-bond acceptors (Lipinski definition) is 7. The van der Waals surface area contributed by atoms with Crippen LogP contribution in [0.3, 0.4) is 0 Å². The number of nitrogens with zero attached hydrogens (tertiary/aromatic N) is 5. The number of amides is 1. The van der Waals surface area contributed by atoms with Gasteiger partial charge in [0.2, 0.25) is 17.6 Å². The third-order valence-electron chi connectivity index (χ3n) is 10.5. The van der Waals surface area contributed by atoms with Gasteiger partial charge in [-0.05, 0) is 88.2 Å². The highest BCUT2D eigenvalue weighted by atomic mass is 19.4. The largest absolute Gasteiger partial charge is 0.471 e. The Labute approximate surface area is 232 Å². The number of fused-ring (bicyclic) bond motifs is 3. The highest BCUT2D eigenvalue weighted by Gasteiger charge is 2.73. The molecule has 7 fully saturated rings. The summed E-state index contributed by atoms with van der Waals surface area (Å²) in [5.41, 5.74) is -1.33. The van der Waals surface area contributed by atoms with Gasteiger partial charge in [0, 0.05) is 29.1 Å². The summed E-state index contributed by atoms with van der Waals surface area (Å²) in [7, 11) is 0. The molecule has 0 spiro atoms. The number of anilines is 1. The van der Waals surface area contributed by atoms with E-state index in [4.69, 9.17) is 9.51 Å². The summed E-state index contributed by atoms with van der Waals surface area (Å²) in [6.45, 7) is 0.462. The fraction of sp³-hybridized carbons (Fsp3) is 0.621. The standard InChI is InChI=1S/C29H29F4N5O3/c30-28-13-27(14-28,15-28)24(39)38(19-3-1-2-18(12-19)21-35-23(41-37-21)29(31,32)33)16-25-6-9-26(10-7-25,11-8-25)22-34-20(36-40-22)17-4-5-17/h1-3,12,17H,4-11,13-16H2. The Balaban J connectivity index is 1.07. The van der Waals surface area contributed by atoms with E-state index in [0.29, 0.717) is 23.7 Å². The topological polar surface area (TPSA) is 98.2 Å². The van der Waals surface area contributed by atoms with Crippen LogP contribution >= 0.6 is 0 Å². The minimum absolute atomic E-state index is 0.110. The second kappa shape index (κ2) is 8.16. The zero-order valence-electron chi connectivity index (χ0n) is 22.3. The van der Waals surface area contributed by atoms with E-state index in [1.54, 1.807) is 29.2 Å². The van der Waals surface area contributed by atoms with Crippen molar-refractivity contribution in [1.29, 1.82) is 0 Å². The second-order valence-corrected chi connectivity index (χ2v) is 13.3. The molecule has 7 saturated carbocycles. The molecule has 1 aromatic carbocycles.